The number of benzene rings is 1. The van der Waals surface area contributed by atoms with Gasteiger partial charge in [-0.3, -0.25) is 4.79 Å². The topological polar surface area (TPSA) is 145 Å². The van der Waals surface area contributed by atoms with Gasteiger partial charge in [-0.05, 0) is 76.5 Å². The summed E-state index contributed by atoms with van der Waals surface area (Å²) in [5, 5.41) is 15.0. The maximum Gasteiger partial charge on any atom is 0.308 e. The fourth-order valence-corrected chi connectivity index (χ4v) is 8.30. The predicted octanol–water partition coefficient (Wildman–Crippen LogP) is 5.27. The number of aromatic nitrogens is 6. The average molecular weight is 600 g/mol. The lowest BCUT2D eigenvalue weighted by molar-refractivity contribution is -0.148. The van der Waals surface area contributed by atoms with E-state index in [0.717, 1.165) is 40.6 Å². The van der Waals surface area contributed by atoms with Gasteiger partial charge in [0.1, 0.15) is 17.8 Å². The molecule has 0 saturated heterocycles. The largest absolute Gasteiger partial charge is 0.481 e. The molecule has 3 fully saturated rings. The lowest BCUT2D eigenvalue weighted by Gasteiger charge is -2.47. The van der Waals surface area contributed by atoms with Crippen molar-refractivity contribution in [1.29, 1.82) is 0 Å². The van der Waals surface area contributed by atoms with Crippen LogP contribution in [0.15, 0.2) is 60.1 Å². The monoisotopic (exact) mass is 599 g/mol. The minimum Gasteiger partial charge on any atom is -0.481 e. The van der Waals surface area contributed by atoms with Crippen molar-refractivity contribution in [1.82, 2.24) is 28.5 Å². The minimum absolute atomic E-state index is 0.0946. The summed E-state index contributed by atoms with van der Waals surface area (Å²) in [6.45, 7) is 6.02. The number of aliphatic carboxylic acids is 1. The fourth-order valence-electron chi connectivity index (χ4n) is 6.97. The summed E-state index contributed by atoms with van der Waals surface area (Å²) in [5.41, 5.74) is 2.31. The zero-order chi connectivity index (χ0) is 30.0. The highest BCUT2D eigenvalue weighted by molar-refractivity contribution is 7.90. The molecule has 1 aromatic carbocycles. The van der Waals surface area contributed by atoms with Crippen molar-refractivity contribution in [2.75, 3.05) is 5.32 Å². The molecule has 3 aliphatic rings. The Morgan fingerprint density at radius 1 is 1.00 bits per heavy atom. The summed E-state index contributed by atoms with van der Waals surface area (Å²) in [6.07, 6.45) is 10.2. The second kappa shape index (κ2) is 10.1. The van der Waals surface area contributed by atoms with Crippen molar-refractivity contribution in [2.24, 2.45) is 17.8 Å². The lowest BCUT2D eigenvalue weighted by Crippen LogP contribution is -2.51. The predicted molar refractivity (Wildman–Crippen MR) is 162 cm³/mol. The molecule has 12 heteroatoms. The zero-order valence-electron chi connectivity index (χ0n) is 24.2. The normalized spacial score (nSPS) is 22.0. The Kier molecular flexibility index (Phi) is 6.49. The van der Waals surface area contributed by atoms with Crippen LogP contribution in [0.25, 0.3) is 33.5 Å². The van der Waals surface area contributed by atoms with E-state index in [0.29, 0.717) is 28.2 Å². The molecule has 5 aromatic rings. The standard InChI is InChI=1S/C31H33N7O4S/c1-17(2)37-13-12-22-27(34-26-20-8-6-19(7-9-20)25(26)31(39)40)35-28(36-30(22)37)24-15-38(29-23(24)14-32-16-33-29)43(41,42)21-10-4-18(3)5-11-21/h4-5,10-17,19-20,25-26H,6-9H2,1-3H3,(H,39,40)(H,34,35,36). The highest BCUT2D eigenvalue weighted by atomic mass is 32.2. The average Bonchev–Trinajstić information content (AvgIpc) is 3.61. The molecule has 2 N–H and O–H groups in total. The van der Waals surface area contributed by atoms with Gasteiger partial charge in [0.15, 0.2) is 11.5 Å². The van der Waals surface area contributed by atoms with Crippen molar-refractivity contribution in [3.63, 3.8) is 0 Å². The van der Waals surface area contributed by atoms with Gasteiger partial charge in [-0.1, -0.05) is 17.7 Å². The number of carboxylic acid groups (broad SMARTS) is 1. The van der Waals surface area contributed by atoms with E-state index in [-0.39, 0.29) is 34.5 Å². The van der Waals surface area contributed by atoms with Gasteiger partial charge in [0, 0.05) is 41.6 Å². The molecule has 0 aliphatic heterocycles. The molecule has 0 radical (unpaired) electrons. The molecule has 222 valence electrons. The second-order valence-electron chi connectivity index (χ2n) is 12.1. The van der Waals surface area contributed by atoms with Gasteiger partial charge in [-0.25, -0.2) is 32.3 Å². The summed E-state index contributed by atoms with van der Waals surface area (Å²) < 4.78 is 30.8. The van der Waals surface area contributed by atoms with E-state index >= 15 is 0 Å². The number of nitrogens with one attached hydrogen (secondary N) is 1. The van der Waals surface area contributed by atoms with Crippen LogP contribution in [-0.2, 0) is 14.8 Å². The third kappa shape index (κ3) is 4.46. The van der Waals surface area contributed by atoms with Crippen molar-refractivity contribution < 1.29 is 18.3 Å². The summed E-state index contributed by atoms with van der Waals surface area (Å²) in [6, 6.07) is 8.45. The Labute approximate surface area is 249 Å². The minimum atomic E-state index is -3.99. The first-order chi connectivity index (χ1) is 20.6. The molecule has 43 heavy (non-hydrogen) atoms. The zero-order valence-corrected chi connectivity index (χ0v) is 25.0. The van der Waals surface area contributed by atoms with E-state index in [1.54, 1.807) is 30.5 Å². The quantitative estimate of drug-likeness (QED) is 0.255. The van der Waals surface area contributed by atoms with Crippen LogP contribution in [0.2, 0.25) is 0 Å². The SMILES string of the molecule is Cc1ccc(S(=O)(=O)n2cc(-c3nc(NC4C5CCC(CC5)C4C(=O)O)c4ccn(C(C)C)c4n3)c3cncnc32)cc1. The van der Waals surface area contributed by atoms with Crippen LogP contribution in [0, 0.1) is 24.7 Å². The Bertz CT molecular complexity index is 1970. The summed E-state index contributed by atoms with van der Waals surface area (Å²) in [5.74, 6) is -0.0499. The van der Waals surface area contributed by atoms with Crippen molar-refractivity contribution >= 4 is 43.9 Å². The van der Waals surface area contributed by atoms with E-state index in [1.165, 1.54) is 12.5 Å². The van der Waals surface area contributed by atoms with Crippen LogP contribution in [-0.4, -0.2) is 54.0 Å². The first-order valence-electron chi connectivity index (χ1n) is 14.6. The molecule has 4 heterocycles. The highest BCUT2D eigenvalue weighted by Gasteiger charge is 2.47. The van der Waals surface area contributed by atoms with E-state index in [4.69, 9.17) is 9.97 Å². The van der Waals surface area contributed by atoms with Crippen LogP contribution >= 0.6 is 0 Å². The number of carboxylic acids is 1. The fraction of sp³-hybridized carbons (Fsp3) is 0.387. The maximum absolute atomic E-state index is 13.8. The molecule has 2 unspecified atom stereocenters. The molecule has 2 bridgehead atoms. The number of rotatable bonds is 7. The maximum atomic E-state index is 13.8. The number of nitrogens with zero attached hydrogens (tertiary/aromatic N) is 6. The van der Waals surface area contributed by atoms with E-state index in [1.807, 2.05) is 23.8 Å². The molecule has 0 amide bonds. The smallest absolute Gasteiger partial charge is 0.308 e. The third-order valence-corrected chi connectivity index (χ3v) is 10.9. The highest BCUT2D eigenvalue weighted by Crippen LogP contribution is 2.47. The number of carbonyl (C=O) groups is 1. The van der Waals surface area contributed by atoms with Crippen LogP contribution in [0.4, 0.5) is 5.82 Å². The van der Waals surface area contributed by atoms with E-state index < -0.39 is 21.9 Å². The molecule has 8 rings (SSSR count). The molecular formula is C31H33N7O4S. The molecule has 2 atom stereocenters. The number of hydrogen-bond donors (Lipinski definition) is 2. The Morgan fingerprint density at radius 3 is 2.42 bits per heavy atom. The summed E-state index contributed by atoms with van der Waals surface area (Å²) >= 11 is 0. The van der Waals surface area contributed by atoms with Crippen molar-refractivity contribution in [2.45, 2.75) is 63.4 Å². The van der Waals surface area contributed by atoms with Gasteiger partial charge in [0.2, 0.25) is 0 Å². The summed E-state index contributed by atoms with van der Waals surface area (Å²) in [7, 11) is -3.99. The summed E-state index contributed by atoms with van der Waals surface area (Å²) in [4.78, 5) is 31.0. The van der Waals surface area contributed by atoms with Gasteiger partial charge in [0.25, 0.3) is 10.0 Å². The number of hydrogen-bond acceptors (Lipinski definition) is 8. The third-order valence-electron chi connectivity index (χ3n) is 9.19. The molecular weight excluding hydrogens is 566 g/mol. The number of anilines is 1. The molecule has 3 saturated carbocycles. The van der Waals surface area contributed by atoms with Crippen LogP contribution in [0.1, 0.15) is 51.1 Å². The van der Waals surface area contributed by atoms with Gasteiger partial charge < -0.3 is 15.0 Å². The Morgan fingerprint density at radius 2 is 1.72 bits per heavy atom. The van der Waals surface area contributed by atoms with Gasteiger partial charge in [-0.15, -0.1) is 0 Å². The van der Waals surface area contributed by atoms with Crippen LogP contribution in [0.5, 0.6) is 0 Å². The van der Waals surface area contributed by atoms with Crippen LogP contribution in [0.3, 0.4) is 0 Å². The van der Waals surface area contributed by atoms with Gasteiger partial charge >= 0.3 is 5.97 Å². The van der Waals surface area contributed by atoms with E-state index in [2.05, 4.69) is 29.1 Å². The van der Waals surface area contributed by atoms with Gasteiger partial charge in [-0.2, -0.15) is 0 Å². The van der Waals surface area contributed by atoms with Crippen molar-refractivity contribution in [3.05, 3.63) is 60.8 Å². The van der Waals surface area contributed by atoms with Gasteiger partial charge in [0.05, 0.1) is 16.2 Å². The first kappa shape index (κ1) is 27.5. The number of fused-ring (bicyclic) bond motifs is 5. The first-order valence-corrected chi connectivity index (χ1v) is 16.1. The second-order valence-corrected chi connectivity index (χ2v) is 13.9. The molecule has 3 aliphatic carbocycles. The van der Waals surface area contributed by atoms with E-state index in [9.17, 15) is 18.3 Å². The van der Waals surface area contributed by atoms with Crippen LogP contribution < -0.4 is 5.32 Å². The van der Waals surface area contributed by atoms with Crippen molar-refractivity contribution in [3.8, 4) is 11.4 Å². The number of aryl methyl sites for hydroxylation is 1. The molecule has 11 nitrogen and oxygen atoms in total. The molecule has 4 aromatic heterocycles. The molecule has 0 spiro atoms. The Balaban J connectivity index is 1.41. The lowest BCUT2D eigenvalue weighted by atomic mass is 9.61. The Hall–Kier alpha value is -4.32.